The van der Waals surface area contributed by atoms with Gasteiger partial charge >= 0.3 is 5.97 Å². The topological polar surface area (TPSA) is 69.6 Å². The van der Waals surface area contributed by atoms with Crippen LogP contribution in [0.4, 0.5) is 5.69 Å². The highest BCUT2D eigenvalue weighted by Gasteiger charge is 2.35. The number of hydrogen-bond donors (Lipinski definition) is 3. The van der Waals surface area contributed by atoms with Crippen LogP contribution < -0.4 is 5.32 Å². The minimum atomic E-state index is -0.756. The summed E-state index contributed by atoms with van der Waals surface area (Å²) < 4.78 is 0. The molecule has 0 bridgehead atoms. The molecule has 3 N–H and O–H groups in total. The monoisotopic (exact) mass is 255 g/mol. The number of aliphatic carboxylic acids is 1. The smallest absolute Gasteiger partial charge is 0.306 e. The van der Waals surface area contributed by atoms with Crippen molar-refractivity contribution in [1.82, 2.24) is 0 Å². The highest BCUT2D eigenvalue weighted by atomic mass is 32.1. The van der Waals surface area contributed by atoms with E-state index in [0.717, 1.165) is 5.69 Å². The van der Waals surface area contributed by atoms with Crippen LogP contribution >= 0.6 is 11.3 Å². The van der Waals surface area contributed by atoms with Crippen molar-refractivity contribution >= 4 is 23.0 Å². The molecule has 1 saturated carbocycles. The molecule has 1 fully saturated rings. The van der Waals surface area contributed by atoms with Crippen molar-refractivity contribution in [3.05, 3.63) is 16.8 Å². The zero-order valence-electron chi connectivity index (χ0n) is 9.56. The SMILES string of the molecule is O=C(O)C1CCC(O)(CNc2ccsc2)CC1. The fourth-order valence-electron chi connectivity index (χ4n) is 2.21. The lowest BCUT2D eigenvalue weighted by atomic mass is 9.79. The van der Waals surface area contributed by atoms with Gasteiger partial charge in [0.2, 0.25) is 0 Å². The molecule has 4 nitrogen and oxygen atoms in total. The first-order chi connectivity index (χ1) is 8.09. The maximum atomic E-state index is 10.8. The molecule has 1 aliphatic rings. The Bertz CT molecular complexity index is 369. The zero-order chi connectivity index (χ0) is 12.3. The van der Waals surface area contributed by atoms with Gasteiger partial charge < -0.3 is 15.5 Å². The van der Waals surface area contributed by atoms with Gasteiger partial charge in [-0.15, -0.1) is 0 Å². The molecule has 94 valence electrons. The van der Waals surface area contributed by atoms with Crippen molar-refractivity contribution < 1.29 is 15.0 Å². The number of nitrogens with one attached hydrogen (secondary N) is 1. The predicted octanol–water partition coefficient (Wildman–Crippen LogP) is 2.17. The van der Waals surface area contributed by atoms with Crippen molar-refractivity contribution in [1.29, 1.82) is 0 Å². The number of anilines is 1. The van der Waals surface area contributed by atoms with E-state index >= 15 is 0 Å². The van der Waals surface area contributed by atoms with Gasteiger partial charge in [0.05, 0.1) is 11.5 Å². The summed E-state index contributed by atoms with van der Waals surface area (Å²) >= 11 is 1.61. The van der Waals surface area contributed by atoms with Gasteiger partial charge in [-0.1, -0.05) is 0 Å². The number of carboxylic acids is 1. The molecule has 1 aliphatic carbocycles. The van der Waals surface area contributed by atoms with E-state index in [9.17, 15) is 9.90 Å². The van der Waals surface area contributed by atoms with E-state index in [1.807, 2.05) is 16.8 Å². The van der Waals surface area contributed by atoms with E-state index in [0.29, 0.717) is 32.2 Å². The van der Waals surface area contributed by atoms with Gasteiger partial charge in [0.1, 0.15) is 0 Å². The third-order valence-electron chi connectivity index (χ3n) is 3.41. The van der Waals surface area contributed by atoms with Gasteiger partial charge in [-0.05, 0) is 37.1 Å². The summed E-state index contributed by atoms with van der Waals surface area (Å²) in [6.07, 6.45) is 2.25. The number of carbonyl (C=O) groups is 1. The van der Waals surface area contributed by atoms with Crippen molar-refractivity contribution in [3.8, 4) is 0 Å². The molecule has 0 spiro atoms. The fraction of sp³-hybridized carbons (Fsp3) is 0.583. The Labute approximate surface area is 104 Å². The summed E-state index contributed by atoms with van der Waals surface area (Å²) in [6.45, 7) is 0.496. The minimum absolute atomic E-state index is 0.281. The van der Waals surface area contributed by atoms with Crippen LogP contribution in [0.15, 0.2) is 16.8 Å². The summed E-state index contributed by atoms with van der Waals surface area (Å²) in [4.78, 5) is 10.8. The number of thiophene rings is 1. The van der Waals surface area contributed by atoms with E-state index in [4.69, 9.17) is 5.11 Å². The number of aliphatic hydroxyl groups is 1. The highest BCUT2D eigenvalue weighted by molar-refractivity contribution is 7.08. The molecule has 1 aromatic rings. The molecule has 17 heavy (non-hydrogen) atoms. The van der Waals surface area contributed by atoms with E-state index < -0.39 is 11.6 Å². The van der Waals surface area contributed by atoms with Gasteiger partial charge in [-0.25, -0.2) is 0 Å². The summed E-state index contributed by atoms with van der Waals surface area (Å²) in [5.41, 5.74) is 0.261. The van der Waals surface area contributed by atoms with Crippen LogP contribution in [0.5, 0.6) is 0 Å². The minimum Gasteiger partial charge on any atom is -0.481 e. The molecule has 1 aromatic heterocycles. The Hall–Kier alpha value is -1.07. The van der Waals surface area contributed by atoms with Crippen molar-refractivity contribution in [2.75, 3.05) is 11.9 Å². The normalized spacial score (nSPS) is 28.9. The summed E-state index contributed by atoms with van der Waals surface area (Å²) in [6, 6.07) is 1.97. The third kappa shape index (κ3) is 3.20. The van der Waals surface area contributed by atoms with Crippen LogP contribution in [0.25, 0.3) is 0 Å². The van der Waals surface area contributed by atoms with Gasteiger partial charge in [0.15, 0.2) is 0 Å². The second kappa shape index (κ2) is 5.06. The Balaban J connectivity index is 1.83. The van der Waals surface area contributed by atoms with Crippen LogP contribution in [0, 0.1) is 5.92 Å². The largest absolute Gasteiger partial charge is 0.481 e. The standard InChI is InChI=1S/C12H17NO3S/c14-11(15)9-1-4-12(16,5-2-9)8-13-10-3-6-17-7-10/h3,6-7,9,13,16H,1-2,4-5,8H2,(H,14,15). The summed E-state index contributed by atoms with van der Waals surface area (Å²) in [5, 5.41) is 26.4. The van der Waals surface area contributed by atoms with Crippen LogP contribution in [0.2, 0.25) is 0 Å². The molecular formula is C12H17NO3S. The van der Waals surface area contributed by atoms with Crippen LogP contribution in [-0.2, 0) is 4.79 Å². The molecule has 0 unspecified atom stereocenters. The van der Waals surface area contributed by atoms with E-state index in [1.165, 1.54) is 0 Å². The number of rotatable bonds is 4. The maximum Gasteiger partial charge on any atom is 0.306 e. The second-order valence-electron chi connectivity index (χ2n) is 4.70. The van der Waals surface area contributed by atoms with Gasteiger partial charge in [-0.3, -0.25) is 4.79 Å². The molecular weight excluding hydrogens is 238 g/mol. The molecule has 1 heterocycles. The molecule has 0 amide bonds. The zero-order valence-corrected chi connectivity index (χ0v) is 10.4. The van der Waals surface area contributed by atoms with Crippen LogP contribution in [0.3, 0.4) is 0 Å². The van der Waals surface area contributed by atoms with Gasteiger partial charge in [0.25, 0.3) is 0 Å². The second-order valence-corrected chi connectivity index (χ2v) is 5.48. The highest BCUT2D eigenvalue weighted by Crippen LogP contribution is 2.32. The Morgan fingerprint density at radius 1 is 1.53 bits per heavy atom. The molecule has 0 saturated heterocycles. The lowest BCUT2D eigenvalue weighted by Crippen LogP contribution is -2.41. The Morgan fingerprint density at radius 2 is 2.24 bits per heavy atom. The van der Waals surface area contributed by atoms with Gasteiger partial charge in [0, 0.05) is 17.6 Å². The molecule has 0 radical (unpaired) electrons. The summed E-state index contributed by atoms with van der Waals surface area (Å²) in [7, 11) is 0. The predicted molar refractivity (Wildman–Crippen MR) is 67.4 cm³/mol. The van der Waals surface area contributed by atoms with Crippen molar-refractivity contribution in [3.63, 3.8) is 0 Å². The van der Waals surface area contributed by atoms with E-state index in [2.05, 4.69) is 5.32 Å². The number of carboxylic acid groups (broad SMARTS) is 1. The first-order valence-electron chi connectivity index (χ1n) is 5.80. The maximum absolute atomic E-state index is 10.8. The number of hydrogen-bond acceptors (Lipinski definition) is 4. The molecule has 5 heteroatoms. The van der Waals surface area contributed by atoms with E-state index in [1.54, 1.807) is 11.3 Å². The average Bonchev–Trinajstić information content (AvgIpc) is 2.80. The Kier molecular flexibility index (Phi) is 3.69. The first kappa shape index (κ1) is 12.4. The first-order valence-corrected chi connectivity index (χ1v) is 6.75. The lowest BCUT2D eigenvalue weighted by Gasteiger charge is -2.34. The molecule has 2 rings (SSSR count). The van der Waals surface area contributed by atoms with Gasteiger partial charge in [-0.2, -0.15) is 11.3 Å². The molecule has 0 aromatic carbocycles. The van der Waals surface area contributed by atoms with Crippen LogP contribution in [-0.4, -0.2) is 28.3 Å². The lowest BCUT2D eigenvalue weighted by molar-refractivity contribution is -0.144. The van der Waals surface area contributed by atoms with Crippen molar-refractivity contribution in [2.24, 2.45) is 5.92 Å². The summed E-state index contributed by atoms with van der Waals surface area (Å²) in [5.74, 6) is -1.02. The fourth-order valence-corrected chi connectivity index (χ4v) is 2.82. The van der Waals surface area contributed by atoms with Crippen LogP contribution in [0.1, 0.15) is 25.7 Å². The Morgan fingerprint density at radius 3 is 2.76 bits per heavy atom. The quantitative estimate of drug-likeness (QED) is 0.771. The molecule has 0 atom stereocenters. The van der Waals surface area contributed by atoms with E-state index in [-0.39, 0.29) is 5.92 Å². The van der Waals surface area contributed by atoms with Crippen molar-refractivity contribution in [2.45, 2.75) is 31.3 Å². The third-order valence-corrected chi connectivity index (χ3v) is 4.09. The average molecular weight is 255 g/mol. The molecule has 0 aliphatic heterocycles.